The second kappa shape index (κ2) is 7.87. The van der Waals surface area contributed by atoms with E-state index in [1.165, 1.54) is 0 Å². The molecule has 0 spiro atoms. The van der Waals surface area contributed by atoms with Gasteiger partial charge in [-0.15, -0.1) is 12.4 Å². The normalized spacial score (nSPS) is 18.4. The third-order valence-corrected chi connectivity index (χ3v) is 4.82. The minimum absolute atomic E-state index is 0. The van der Waals surface area contributed by atoms with Crippen molar-refractivity contribution in [1.29, 1.82) is 0 Å². The highest BCUT2D eigenvalue weighted by molar-refractivity contribution is 7.89. The molecule has 0 aromatic heterocycles. The summed E-state index contributed by atoms with van der Waals surface area (Å²) in [5.41, 5.74) is -0.185. The molecular formula is C13H18ClFN2O4S. The molecule has 0 aliphatic carbocycles. The molecule has 0 saturated carbocycles. The quantitative estimate of drug-likeness (QED) is 0.792. The average Bonchev–Trinajstić information content (AvgIpc) is 2.47. The number of nitrogens with one attached hydrogen (secondary N) is 2. The van der Waals surface area contributed by atoms with E-state index in [-0.39, 0.29) is 24.0 Å². The van der Waals surface area contributed by atoms with Gasteiger partial charge in [-0.2, -0.15) is 0 Å². The number of benzene rings is 1. The number of halogens is 2. The van der Waals surface area contributed by atoms with Crippen molar-refractivity contribution in [3.63, 3.8) is 0 Å². The highest BCUT2D eigenvalue weighted by Crippen LogP contribution is 2.19. The number of hydrogen-bond donors (Lipinski definition) is 2. The molecular weight excluding hydrogens is 335 g/mol. The predicted octanol–water partition coefficient (Wildman–Crippen LogP) is 1.06. The molecule has 1 aromatic carbocycles. The second-order valence-electron chi connectivity index (χ2n) is 4.80. The van der Waals surface area contributed by atoms with Crippen LogP contribution in [0.25, 0.3) is 0 Å². The van der Waals surface area contributed by atoms with Crippen molar-refractivity contribution < 1.29 is 22.3 Å². The fourth-order valence-corrected chi connectivity index (χ4v) is 3.71. The van der Waals surface area contributed by atoms with Crippen molar-refractivity contribution in [2.24, 2.45) is 0 Å². The Kier molecular flexibility index (Phi) is 6.73. The molecule has 1 aliphatic rings. The van der Waals surface area contributed by atoms with Crippen molar-refractivity contribution in [3.8, 4) is 0 Å². The highest BCUT2D eigenvalue weighted by atomic mass is 35.5. The van der Waals surface area contributed by atoms with Gasteiger partial charge in [-0.1, -0.05) is 0 Å². The van der Waals surface area contributed by atoms with Gasteiger partial charge in [0.1, 0.15) is 5.82 Å². The maximum Gasteiger partial charge on any atom is 0.339 e. The van der Waals surface area contributed by atoms with E-state index in [1.807, 2.05) is 0 Å². The molecule has 2 rings (SSSR count). The average molecular weight is 353 g/mol. The SMILES string of the molecule is COC(=O)c1ccc(F)cc1S(=O)(=O)NC1CCCNC1.Cl. The van der Waals surface area contributed by atoms with E-state index in [0.717, 1.165) is 38.3 Å². The highest BCUT2D eigenvalue weighted by Gasteiger charge is 2.27. The first-order valence-electron chi connectivity index (χ1n) is 6.55. The fraction of sp³-hybridized carbons (Fsp3) is 0.462. The lowest BCUT2D eigenvalue weighted by Gasteiger charge is -2.24. The van der Waals surface area contributed by atoms with Crippen molar-refractivity contribution >= 4 is 28.4 Å². The van der Waals surface area contributed by atoms with Gasteiger partial charge in [0.25, 0.3) is 0 Å². The Labute approximate surface area is 134 Å². The minimum atomic E-state index is -4.00. The van der Waals surface area contributed by atoms with Crippen LogP contribution in [0.15, 0.2) is 23.1 Å². The van der Waals surface area contributed by atoms with Gasteiger partial charge in [-0.25, -0.2) is 22.3 Å². The monoisotopic (exact) mass is 352 g/mol. The smallest absolute Gasteiger partial charge is 0.339 e. The Balaban J connectivity index is 0.00000242. The fourth-order valence-electron chi connectivity index (χ4n) is 2.23. The lowest BCUT2D eigenvalue weighted by molar-refractivity contribution is 0.0596. The number of carbonyl (C=O) groups excluding carboxylic acids is 1. The van der Waals surface area contributed by atoms with Crippen LogP contribution in [0.4, 0.5) is 4.39 Å². The Morgan fingerprint density at radius 1 is 1.45 bits per heavy atom. The first kappa shape index (κ1) is 18.8. The van der Waals surface area contributed by atoms with E-state index in [2.05, 4.69) is 14.8 Å². The van der Waals surface area contributed by atoms with E-state index in [1.54, 1.807) is 0 Å². The Morgan fingerprint density at radius 3 is 2.77 bits per heavy atom. The lowest BCUT2D eigenvalue weighted by Crippen LogP contribution is -2.45. The Morgan fingerprint density at radius 2 is 2.18 bits per heavy atom. The van der Waals surface area contributed by atoms with Crippen LogP contribution >= 0.6 is 12.4 Å². The number of hydrogen-bond acceptors (Lipinski definition) is 5. The van der Waals surface area contributed by atoms with Gasteiger partial charge < -0.3 is 10.1 Å². The molecule has 0 bridgehead atoms. The summed E-state index contributed by atoms with van der Waals surface area (Å²) < 4.78 is 45.2. The summed E-state index contributed by atoms with van der Waals surface area (Å²) in [6.07, 6.45) is 1.54. The zero-order valence-electron chi connectivity index (χ0n) is 12.0. The summed E-state index contributed by atoms with van der Waals surface area (Å²) >= 11 is 0. The number of sulfonamides is 1. The first-order valence-corrected chi connectivity index (χ1v) is 8.03. The summed E-state index contributed by atoms with van der Waals surface area (Å²) in [7, 11) is -2.86. The molecule has 1 saturated heterocycles. The second-order valence-corrected chi connectivity index (χ2v) is 6.48. The summed E-state index contributed by atoms with van der Waals surface area (Å²) in [6, 6.07) is 2.67. The van der Waals surface area contributed by atoms with E-state index in [0.29, 0.717) is 13.0 Å². The zero-order chi connectivity index (χ0) is 15.5. The largest absolute Gasteiger partial charge is 0.465 e. The van der Waals surface area contributed by atoms with Crippen LogP contribution in [0.3, 0.4) is 0 Å². The standard InChI is InChI=1S/C13H17FN2O4S.ClH/c1-20-13(17)11-5-4-9(14)7-12(11)21(18,19)16-10-3-2-6-15-8-10;/h4-5,7,10,15-16H,2-3,6,8H2,1H3;1H. The molecule has 0 amide bonds. The summed E-state index contributed by atoms with van der Waals surface area (Å²) in [6.45, 7) is 1.34. The predicted molar refractivity (Wildman–Crippen MR) is 81.2 cm³/mol. The maximum atomic E-state index is 13.4. The molecule has 1 heterocycles. The topological polar surface area (TPSA) is 84.5 Å². The van der Waals surface area contributed by atoms with Crippen LogP contribution in [0.1, 0.15) is 23.2 Å². The van der Waals surface area contributed by atoms with Crippen LogP contribution in [0, 0.1) is 5.82 Å². The minimum Gasteiger partial charge on any atom is -0.465 e. The van der Waals surface area contributed by atoms with Gasteiger partial charge >= 0.3 is 5.97 Å². The molecule has 6 nitrogen and oxygen atoms in total. The molecule has 124 valence electrons. The van der Waals surface area contributed by atoms with Crippen LogP contribution in [0.5, 0.6) is 0 Å². The molecule has 1 atom stereocenters. The van der Waals surface area contributed by atoms with Gasteiger partial charge in [-0.3, -0.25) is 0 Å². The van der Waals surface area contributed by atoms with Gasteiger partial charge in [0.2, 0.25) is 10.0 Å². The number of carbonyl (C=O) groups is 1. The van der Waals surface area contributed by atoms with Gasteiger partial charge in [0, 0.05) is 12.6 Å². The van der Waals surface area contributed by atoms with E-state index in [9.17, 15) is 17.6 Å². The van der Waals surface area contributed by atoms with E-state index < -0.39 is 26.7 Å². The Bertz CT molecular complexity index is 633. The van der Waals surface area contributed by atoms with Gasteiger partial charge in [0.15, 0.2) is 0 Å². The van der Waals surface area contributed by atoms with Crippen LogP contribution < -0.4 is 10.0 Å². The van der Waals surface area contributed by atoms with Crippen molar-refractivity contribution in [2.45, 2.75) is 23.8 Å². The number of rotatable bonds is 4. The maximum absolute atomic E-state index is 13.4. The van der Waals surface area contributed by atoms with Gasteiger partial charge in [-0.05, 0) is 37.6 Å². The molecule has 22 heavy (non-hydrogen) atoms. The van der Waals surface area contributed by atoms with Crippen LogP contribution in [-0.4, -0.2) is 40.6 Å². The third kappa shape index (κ3) is 4.39. The molecule has 9 heteroatoms. The molecule has 0 radical (unpaired) electrons. The summed E-state index contributed by atoms with van der Waals surface area (Å²) in [5.74, 6) is -1.55. The molecule has 1 aromatic rings. The van der Waals surface area contributed by atoms with Crippen molar-refractivity contribution in [1.82, 2.24) is 10.0 Å². The molecule has 2 N–H and O–H groups in total. The van der Waals surface area contributed by atoms with E-state index >= 15 is 0 Å². The zero-order valence-corrected chi connectivity index (χ0v) is 13.6. The number of piperidine rings is 1. The third-order valence-electron chi connectivity index (χ3n) is 3.26. The van der Waals surface area contributed by atoms with E-state index in [4.69, 9.17) is 0 Å². The number of methoxy groups -OCH3 is 1. The lowest BCUT2D eigenvalue weighted by atomic mass is 10.1. The molecule has 1 aliphatic heterocycles. The van der Waals surface area contributed by atoms with Gasteiger partial charge in [0.05, 0.1) is 17.6 Å². The van der Waals surface area contributed by atoms with Crippen molar-refractivity contribution in [3.05, 3.63) is 29.6 Å². The molecule has 1 fully saturated rings. The van der Waals surface area contributed by atoms with Crippen molar-refractivity contribution in [2.75, 3.05) is 20.2 Å². The first-order chi connectivity index (χ1) is 9.94. The van der Waals surface area contributed by atoms with Crippen LogP contribution in [0.2, 0.25) is 0 Å². The number of ether oxygens (including phenoxy) is 1. The molecule has 1 unspecified atom stereocenters. The Hall–Kier alpha value is -1.22. The summed E-state index contributed by atoms with van der Waals surface area (Å²) in [5, 5.41) is 3.08. The van der Waals surface area contributed by atoms with Crippen LogP contribution in [-0.2, 0) is 14.8 Å². The summed E-state index contributed by atoms with van der Waals surface area (Å²) in [4.78, 5) is 11.2. The number of esters is 1.